The number of hydrogen-bond acceptors (Lipinski definition) is 4. The van der Waals surface area contributed by atoms with Gasteiger partial charge in [0, 0.05) is 0 Å². The molecule has 0 aliphatic carbocycles. The first kappa shape index (κ1) is 6.68. The standard InChI is InChI=1S/C4HO4/c5-1-3(7)4(8)2-6/h1H. The lowest BCUT2D eigenvalue weighted by Crippen LogP contribution is -2.15. The highest BCUT2D eigenvalue weighted by atomic mass is 16.2. The number of Topliss-reactive ketones (excluding diaryl/α,β-unsaturated/α-hetero) is 2. The largest absolute Gasteiger partial charge is 0.294 e. The fourth-order valence-corrected chi connectivity index (χ4v) is 0.104. The van der Waals surface area contributed by atoms with Crippen molar-refractivity contribution in [3.05, 3.63) is 0 Å². The summed E-state index contributed by atoms with van der Waals surface area (Å²) in [5.41, 5.74) is 0. The zero-order chi connectivity index (χ0) is 6.57. The number of rotatable bonds is 3. The van der Waals surface area contributed by atoms with E-state index >= 15 is 0 Å². The zero-order valence-corrected chi connectivity index (χ0v) is 3.71. The Hall–Kier alpha value is -1.32. The molecule has 0 saturated carbocycles. The molecule has 0 unspecified atom stereocenters. The molecule has 0 fully saturated rings. The van der Waals surface area contributed by atoms with Gasteiger partial charge in [-0.15, -0.1) is 0 Å². The fourth-order valence-electron chi connectivity index (χ4n) is 0.104. The van der Waals surface area contributed by atoms with Crippen molar-refractivity contribution in [2.75, 3.05) is 0 Å². The van der Waals surface area contributed by atoms with Crippen molar-refractivity contribution in [2.24, 2.45) is 0 Å². The van der Waals surface area contributed by atoms with Crippen molar-refractivity contribution in [2.45, 2.75) is 0 Å². The molecule has 0 spiro atoms. The van der Waals surface area contributed by atoms with E-state index in [1.54, 1.807) is 0 Å². The molecule has 0 aromatic carbocycles. The molecule has 0 atom stereocenters. The minimum Gasteiger partial charge on any atom is -0.294 e. The number of hydrogen-bond donors (Lipinski definition) is 0. The van der Waals surface area contributed by atoms with Gasteiger partial charge >= 0.3 is 0 Å². The van der Waals surface area contributed by atoms with Crippen molar-refractivity contribution in [3.63, 3.8) is 0 Å². The molecular formula is C4HO4. The molecule has 0 amide bonds. The van der Waals surface area contributed by atoms with Gasteiger partial charge in [0.25, 0.3) is 17.9 Å². The van der Waals surface area contributed by atoms with Crippen LogP contribution in [-0.4, -0.2) is 24.1 Å². The number of aldehydes is 1. The predicted octanol–water partition coefficient (Wildman–Crippen LogP) is -1.57. The van der Waals surface area contributed by atoms with E-state index in [0.29, 0.717) is 0 Å². The average molecular weight is 113 g/mol. The summed E-state index contributed by atoms with van der Waals surface area (Å²) < 4.78 is 0. The van der Waals surface area contributed by atoms with Crippen molar-refractivity contribution in [3.8, 4) is 0 Å². The average Bonchev–Trinajstić information content (AvgIpc) is 1.84. The SMILES string of the molecule is O=[C]C(=O)C(=O)C=O. The molecule has 0 bridgehead atoms. The summed E-state index contributed by atoms with van der Waals surface area (Å²) in [6.07, 6.45) is 0.517. The molecule has 0 aliphatic heterocycles. The van der Waals surface area contributed by atoms with Crippen molar-refractivity contribution in [1.82, 2.24) is 0 Å². The Morgan fingerprint density at radius 3 is 2.00 bits per heavy atom. The third kappa shape index (κ3) is 1.42. The summed E-state index contributed by atoms with van der Waals surface area (Å²) >= 11 is 0. The molecular weight excluding hydrogens is 112 g/mol. The van der Waals surface area contributed by atoms with Crippen LogP contribution in [0.3, 0.4) is 0 Å². The van der Waals surface area contributed by atoms with E-state index < -0.39 is 11.6 Å². The second kappa shape index (κ2) is 2.79. The van der Waals surface area contributed by atoms with Gasteiger partial charge in [0.1, 0.15) is 0 Å². The molecule has 0 heterocycles. The predicted molar refractivity (Wildman–Crippen MR) is 21.8 cm³/mol. The van der Waals surface area contributed by atoms with Gasteiger partial charge in [-0.05, 0) is 0 Å². The van der Waals surface area contributed by atoms with E-state index in [4.69, 9.17) is 0 Å². The van der Waals surface area contributed by atoms with E-state index in [1.165, 1.54) is 0 Å². The normalized spacial score (nSPS) is 7.50. The summed E-state index contributed by atoms with van der Waals surface area (Å²) in [5.74, 6) is -2.79. The van der Waals surface area contributed by atoms with Crippen molar-refractivity contribution < 1.29 is 19.2 Å². The minimum absolute atomic E-state index is 0.229. The monoisotopic (exact) mass is 113 g/mol. The lowest BCUT2D eigenvalue weighted by atomic mass is 10.3. The Bertz CT molecular complexity index is 128. The molecule has 0 aromatic heterocycles. The third-order valence-corrected chi connectivity index (χ3v) is 0.424. The molecule has 0 saturated heterocycles. The summed E-state index contributed by atoms with van der Waals surface area (Å²) in [4.78, 5) is 38.1. The Kier molecular flexibility index (Phi) is 2.33. The Balaban J connectivity index is 4.02. The molecule has 1 radical (unpaired) electrons. The highest BCUT2D eigenvalue weighted by Gasteiger charge is 2.10. The second-order valence-corrected chi connectivity index (χ2v) is 0.913. The van der Waals surface area contributed by atoms with Crippen molar-refractivity contribution in [1.29, 1.82) is 0 Å². The first-order chi connectivity index (χ1) is 3.72. The molecule has 0 aliphatic rings. The maximum Gasteiger partial charge on any atom is 0.281 e. The number of carbonyl (C=O) groups excluding carboxylic acids is 4. The van der Waals surface area contributed by atoms with Gasteiger partial charge in [0.2, 0.25) is 0 Å². The van der Waals surface area contributed by atoms with E-state index in [-0.39, 0.29) is 6.29 Å². The molecule has 41 valence electrons. The van der Waals surface area contributed by atoms with Crippen LogP contribution in [0.4, 0.5) is 0 Å². The second-order valence-electron chi connectivity index (χ2n) is 0.913. The van der Waals surface area contributed by atoms with Gasteiger partial charge in [-0.25, -0.2) is 0 Å². The minimum atomic E-state index is -1.43. The van der Waals surface area contributed by atoms with Gasteiger partial charge in [-0.1, -0.05) is 0 Å². The number of carbonyl (C=O) groups is 3. The van der Waals surface area contributed by atoms with Crippen LogP contribution in [0.15, 0.2) is 0 Å². The maximum atomic E-state index is 9.76. The van der Waals surface area contributed by atoms with Crippen LogP contribution in [0, 0.1) is 0 Å². The van der Waals surface area contributed by atoms with Gasteiger partial charge in [0.05, 0.1) is 0 Å². The lowest BCUT2D eigenvalue weighted by Gasteiger charge is -1.70. The van der Waals surface area contributed by atoms with E-state index in [1.807, 2.05) is 0 Å². The zero-order valence-electron chi connectivity index (χ0n) is 3.71. The van der Waals surface area contributed by atoms with Gasteiger partial charge < -0.3 is 0 Å². The number of ketones is 2. The van der Waals surface area contributed by atoms with Gasteiger partial charge in [-0.3, -0.25) is 19.2 Å². The van der Waals surface area contributed by atoms with Crippen LogP contribution in [0.25, 0.3) is 0 Å². The summed E-state index contributed by atoms with van der Waals surface area (Å²) in [7, 11) is 0. The Labute approximate surface area is 44.5 Å². The van der Waals surface area contributed by atoms with Crippen LogP contribution >= 0.6 is 0 Å². The van der Waals surface area contributed by atoms with Crippen molar-refractivity contribution >= 4 is 24.1 Å². The van der Waals surface area contributed by atoms with Crippen LogP contribution in [-0.2, 0) is 19.2 Å². The van der Waals surface area contributed by atoms with E-state index in [0.717, 1.165) is 6.29 Å². The summed E-state index contributed by atoms with van der Waals surface area (Å²) in [6, 6.07) is 0. The smallest absolute Gasteiger partial charge is 0.281 e. The first-order valence-corrected chi connectivity index (χ1v) is 1.64. The maximum absolute atomic E-state index is 9.76. The quantitative estimate of drug-likeness (QED) is 0.252. The fraction of sp³-hybridized carbons (Fsp3) is 0. The van der Waals surface area contributed by atoms with Gasteiger partial charge in [-0.2, -0.15) is 0 Å². The van der Waals surface area contributed by atoms with E-state index in [2.05, 4.69) is 0 Å². The van der Waals surface area contributed by atoms with Crippen LogP contribution in [0.5, 0.6) is 0 Å². The lowest BCUT2D eigenvalue weighted by molar-refractivity contribution is -0.137. The highest BCUT2D eigenvalue weighted by molar-refractivity contribution is 6.70. The molecule has 4 heteroatoms. The first-order valence-electron chi connectivity index (χ1n) is 1.64. The van der Waals surface area contributed by atoms with Crippen LogP contribution in [0.1, 0.15) is 0 Å². The summed E-state index contributed by atoms with van der Waals surface area (Å²) in [6.45, 7) is 0. The summed E-state index contributed by atoms with van der Waals surface area (Å²) in [5, 5.41) is 0. The van der Waals surface area contributed by atoms with Crippen LogP contribution < -0.4 is 0 Å². The molecule has 0 aromatic rings. The Morgan fingerprint density at radius 2 is 1.88 bits per heavy atom. The third-order valence-electron chi connectivity index (χ3n) is 0.424. The molecule has 0 N–H and O–H groups in total. The highest BCUT2D eigenvalue weighted by Crippen LogP contribution is 1.63. The molecule has 4 nitrogen and oxygen atoms in total. The Morgan fingerprint density at radius 1 is 1.38 bits per heavy atom. The van der Waals surface area contributed by atoms with E-state index in [9.17, 15) is 19.2 Å². The van der Waals surface area contributed by atoms with Gasteiger partial charge in [0.15, 0.2) is 6.29 Å². The molecule has 8 heavy (non-hydrogen) atoms. The topological polar surface area (TPSA) is 68.3 Å². The van der Waals surface area contributed by atoms with Crippen LogP contribution in [0.2, 0.25) is 0 Å². The molecule has 0 rings (SSSR count).